The zero-order valence-electron chi connectivity index (χ0n) is 11.9. The Morgan fingerprint density at radius 2 is 2.06 bits per heavy atom. The Kier molecular flexibility index (Phi) is 7.39. The molecule has 0 saturated carbocycles. The molecule has 0 aliphatic heterocycles. The normalized spacial score (nSPS) is 16.8. The summed E-state index contributed by atoms with van der Waals surface area (Å²) in [5, 5.41) is 12.1. The maximum Gasteiger partial charge on any atom is 0.323 e. The average Bonchev–Trinajstić information content (AvgIpc) is 2.33. The van der Waals surface area contributed by atoms with E-state index in [1.54, 1.807) is 14.0 Å². The van der Waals surface area contributed by atoms with Gasteiger partial charge in [-0.05, 0) is 32.9 Å². The van der Waals surface area contributed by atoms with Gasteiger partial charge in [0.25, 0.3) is 0 Å². The van der Waals surface area contributed by atoms with E-state index in [9.17, 15) is 4.79 Å². The van der Waals surface area contributed by atoms with E-state index in [1.165, 1.54) is 6.42 Å². The number of hydrogen-bond donors (Lipinski definition) is 2. The summed E-state index contributed by atoms with van der Waals surface area (Å²) in [4.78, 5) is 13.5. The molecule has 4 nitrogen and oxygen atoms in total. The molecule has 2 N–H and O–H groups in total. The van der Waals surface area contributed by atoms with Gasteiger partial charge in [0.15, 0.2) is 0 Å². The van der Waals surface area contributed by atoms with E-state index >= 15 is 0 Å². The van der Waals surface area contributed by atoms with Gasteiger partial charge in [-0.3, -0.25) is 4.79 Å². The molecule has 0 radical (unpaired) electrons. The van der Waals surface area contributed by atoms with Crippen molar-refractivity contribution >= 4 is 5.97 Å². The van der Waals surface area contributed by atoms with Crippen molar-refractivity contribution in [1.82, 2.24) is 10.2 Å². The molecular weight excluding hydrogens is 216 g/mol. The fourth-order valence-corrected chi connectivity index (χ4v) is 1.67. The smallest absolute Gasteiger partial charge is 0.323 e. The zero-order chi connectivity index (χ0) is 13.5. The summed E-state index contributed by atoms with van der Waals surface area (Å²) in [6, 6.07) is 0. The third-order valence-electron chi connectivity index (χ3n) is 3.67. The van der Waals surface area contributed by atoms with Crippen LogP contribution in [0.1, 0.15) is 40.5 Å². The molecule has 2 unspecified atom stereocenters. The molecule has 0 fully saturated rings. The van der Waals surface area contributed by atoms with Crippen molar-refractivity contribution in [2.24, 2.45) is 5.92 Å². The second kappa shape index (κ2) is 7.67. The molecule has 0 bridgehead atoms. The molecule has 0 heterocycles. The SMILES string of the molecule is CCC(C)CN(CC)CCC(C)(NC)C(=O)O. The van der Waals surface area contributed by atoms with Crippen LogP contribution in [0.4, 0.5) is 0 Å². The van der Waals surface area contributed by atoms with E-state index in [-0.39, 0.29) is 0 Å². The van der Waals surface area contributed by atoms with E-state index in [4.69, 9.17) is 5.11 Å². The highest BCUT2D eigenvalue weighted by Crippen LogP contribution is 2.12. The van der Waals surface area contributed by atoms with Gasteiger partial charge >= 0.3 is 5.97 Å². The number of carboxylic acid groups (broad SMARTS) is 1. The lowest BCUT2D eigenvalue weighted by Crippen LogP contribution is -2.49. The van der Waals surface area contributed by atoms with Crippen LogP contribution in [0.25, 0.3) is 0 Å². The molecule has 0 aromatic rings. The number of aliphatic carboxylic acids is 1. The summed E-state index contributed by atoms with van der Waals surface area (Å²) in [6.45, 7) is 11.1. The third-order valence-corrected chi connectivity index (χ3v) is 3.67. The number of carboxylic acids is 1. The maximum absolute atomic E-state index is 11.2. The molecule has 0 saturated heterocycles. The van der Waals surface area contributed by atoms with E-state index in [1.807, 2.05) is 0 Å². The maximum atomic E-state index is 11.2. The summed E-state index contributed by atoms with van der Waals surface area (Å²) in [5.41, 5.74) is -0.817. The Balaban J connectivity index is 4.26. The lowest BCUT2D eigenvalue weighted by atomic mass is 9.97. The van der Waals surface area contributed by atoms with Crippen LogP contribution < -0.4 is 5.32 Å². The number of hydrogen-bond acceptors (Lipinski definition) is 3. The van der Waals surface area contributed by atoms with Gasteiger partial charge in [0.1, 0.15) is 5.54 Å². The largest absolute Gasteiger partial charge is 0.480 e. The van der Waals surface area contributed by atoms with E-state index in [0.29, 0.717) is 12.3 Å². The fraction of sp³-hybridized carbons (Fsp3) is 0.923. The predicted molar refractivity (Wildman–Crippen MR) is 71.3 cm³/mol. The van der Waals surface area contributed by atoms with Crippen molar-refractivity contribution in [2.75, 3.05) is 26.7 Å². The average molecular weight is 244 g/mol. The third kappa shape index (κ3) is 5.50. The molecule has 102 valence electrons. The number of likely N-dealkylation sites (N-methyl/N-ethyl adjacent to an activating group) is 1. The van der Waals surface area contributed by atoms with Crippen LogP contribution >= 0.6 is 0 Å². The van der Waals surface area contributed by atoms with Crippen LogP contribution in [-0.4, -0.2) is 48.2 Å². The van der Waals surface area contributed by atoms with Crippen molar-refractivity contribution < 1.29 is 9.90 Å². The molecule has 0 aliphatic carbocycles. The highest BCUT2D eigenvalue weighted by molar-refractivity contribution is 5.78. The van der Waals surface area contributed by atoms with Crippen LogP contribution in [-0.2, 0) is 4.79 Å². The summed E-state index contributed by atoms with van der Waals surface area (Å²) in [6.07, 6.45) is 1.79. The Hall–Kier alpha value is -0.610. The lowest BCUT2D eigenvalue weighted by molar-refractivity contribution is -0.144. The Labute approximate surface area is 105 Å². The number of nitrogens with one attached hydrogen (secondary N) is 1. The van der Waals surface area contributed by atoms with Crippen molar-refractivity contribution in [1.29, 1.82) is 0 Å². The minimum Gasteiger partial charge on any atom is -0.480 e. The van der Waals surface area contributed by atoms with Gasteiger partial charge in [-0.15, -0.1) is 0 Å². The van der Waals surface area contributed by atoms with E-state index in [2.05, 4.69) is 31.0 Å². The number of rotatable bonds is 9. The summed E-state index contributed by atoms with van der Waals surface area (Å²) < 4.78 is 0. The Bertz CT molecular complexity index is 233. The number of carbonyl (C=O) groups is 1. The van der Waals surface area contributed by atoms with Gasteiger partial charge in [-0.25, -0.2) is 0 Å². The molecule has 0 aliphatic rings. The summed E-state index contributed by atoms with van der Waals surface area (Å²) in [7, 11) is 1.71. The van der Waals surface area contributed by atoms with Gasteiger partial charge in [0, 0.05) is 13.1 Å². The van der Waals surface area contributed by atoms with Crippen molar-refractivity contribution in [3.8, 4) is 0 Å². The van der Waals surface area contributed by atoms with Gasteiger partial charge < -0.3 is 15.3 Å². The topological polar surface area (TPSA) is 52.6 Å². The van der Waals surface area contributed by atoms with Crippen LogP contribution in [0.2, 0.25) is 0 Å². The molecule has 0 spiro atoms. The first-order valence-corrected chi connectivity index (χ1v) is 6.54. The van der Waals surface area contributed by atoms with Crippen molar-refractivity contribution in [2.45, 2.75) is 46.1 Å². The van der Waals surface area contributed by atoms with Gasteiger partial charge in [-0.2, -0.15) is 0 Å². The molecular formula is C13H28N2O2. The highest BCUT2D eigenvalue weighted by Gasteiger charge is 2.31. The summed E-state index contributed by atoms with van der Waals surface area (Å²) >= 11 is 0. The van der Waals surface area contributed by atoms with Crippen LogP contribution in [0.15, 0.2) is 0 Å². The monoisotopic (exact) mass is 244 g/mol. The standard InChI is InChI=1S/C13H28N2O2/c1-6-11(3)10-15(7-2)9-8-13(4,14-5)12(16)17/h11,14H,6-10H2,1-5H3,(H,16,17). The summed E-state index contributed by atoms with van der Waals surface area (Å²) in [5.74, 6) is -0.111. The molecule has 0 aromatic carbocycles. The number of nitrogens with zero attached hydrogens (tertiary/aromatic N) is 1. The first-order valence-electron chi connectivity index (χ1n) is 6.54. The Morgan fingerprint density at radius 1 is 1.47 bits per heavy atom. The molecule has 17 heavy (non-hydrogen) atoms. The van der Waals surface area contributed by atoms with Gasteiger partial charge in [0.05, 0.1) is 0 Å². The molecule has 2 atom stereocenters. The minimum absolute atomic E-state index is 0.628. The Morgan fingerprint density at radius 3 is 2.41 bits per heavy atom. The van der Waals surface area contributed by atoms with Crippen LogP contribution in [0.5, 0.6) is 0 Å². The van der Waals surface area contributed by atoms with Crippen LogP contribution in [0.3, 0.4) is 0 Å². The van der Waals surface area contributed by atoms with Crippen molar-refractivity contribution in [3.63, 3.8) is 0 Å². The minimum atomic E-state index is -0.817. The molecule has 0 amide bonds. The molecule has 0 rings (SSSR count). The quantitative estimate of drug-likeness (QED) is 0.649. The first-order chi connectivity index (χ1) is 7.89. The first kappa shape index (κ1) is 16.4. The zero-order valence-corrected chi connectivity index (χ0v) is 11.9. The van der Waals surface area contributed by atoms with Gasteiger partial charge in [-0.1, -0.05) is 27.2 Å². The van der Waals surface area contributed by atoms with E-state index in [0.717, 1.165) is 19.6 Å². The molecule has 4 heteroatoms. The highest BCUT2D eigenvalue weighted by atomic mass is 16.4. The predicted octanol–water partition coefficient (Wildman–Crippen LogP) is 1.81. The molecule has 0 aromatic heterocycles. The van der Waals surface area contributed by atoms with Crippen LogP contribution in [0, 0.1) is 5.92 Å². The second-order valence-electron chi connectivity index (χ2n) is 5.04. The second-order valence-corrected chi connectivity index (χ2v) is 5.04. The van der Waals surface area contributed by atoms with E-state index < -0.39 is 11.5 Å². The van der Waals surface area contributed by atoms with Gasteiger partial charge in [0.2, 0.25) is 0 Å². The van der Waals surface area contributed by atoms with Crippen molar-refractivity contribution in [3.05, 3.63) is 0 Å². The fourth-order valence-electron chi connectivity index (χ4n) is 1.67. The lowest BCUT2D eigenvalue weighted by Gasteiger charge is -2.29.